The molecular formula is C20H16N2O6. The van der Waals surface area contributed by atoms with Gasteiger partial charge in [0.25, 0.3) is 5.91 Å². The average molecular weight is 380 g/mol. The van der Waals surface area contributed by atoms with Gasteiger partial charge in [-0.15, -0.1) is 0 Å². The molecule has 0 radical (unpaired) electrons. The highest BCUT2D eigenvalue weighted by Gasteiger charge is 2.46. The van der Waals surface area contributed by atoms with E-state index < -0.39 is 23.5 Å². The Hall–Kier alpha value is -3.81. The Bertz CT molecular complexity index is 1080. The molecule has 8 nitrogen and oxygen atoms in total. The van der Waals surface area contributed by atoms with Gasteiger partial charge >= 0.3 is 0 Å². The summed E-state index contributed by atoms with van der Waals surface area (Å²) in [6.45, 7) is 1.68. The number of aromatic nitrogens is 1. The summed E-state index contributed by atoms with van der Waals surface area (Å²) in [5.41, 5.74) is 0.459. The number of anilines is 1. The quantitative estimate of drug-likeness (QED) is 0.676. The van der Waals surface area contributed by atoms with Gasteiger partial charge in [-0.1, -0.05) is 17.3 Å². The molecule has 1 aliphatic heterocycles. The summed E-state index contributed by atoms with van der Waals surface area (Å²) >= 11 is 0. The van der Waals surface area contributed by atoms with E-state index in [1.54, 1.807) is 43.3 Å². The lowest BCUT2D eigenvalue weighted by Gasteiger charge is -2.24. The molecule has 0 saturated carbocycles. The van der Waals surface area contributed by atoms with Crippen LogP contribution in [0.3, 0.4) is 0 Å². The number of hydrogen-bond acceptors (Lipinski definition) is 7. The van der Waals surface area contributed by atoms with Crippen molar-refractivity contribution in [1.82, 2.24) is 5.16 Å². The number of hydrogen-bond donors (Lipinski definition) is 1. The zero-order valence-electron chi connectivity index (χ0n) is 15.1. The molecule has 1 atom stereocenters. The molecule has 1 amide bonds. The zero-order valence-corrected chi connectivity index (χ0v) is 15.1. The number of ketones is 1. The van der Waals surface area contributed by atoms with Crippen LogP contribution in [0.4, 0.5) is 5.82 Å². The lowest BCUT2D eigenvalue weighted by Crippen LogP contribution is -2.31. The smallest absolute Gasteiger partial charge is 0.295 e. The summed E-state index contributed by atoms with van der Waals surface area (Å²) in [4.78, 5) is 27.1. The van der Waals surface area contributed by atoms with E-state index >= 15 is 0 Å². The Kier molecular flexibility index (Phi) is 4.23. The van der Waals surface area contributed by atoms with Crippen molar-refractivity contribution in [3.63, 3.8) is 0 Å². The lowest BCUT2D eigenvalue weighted by molar-refractivity contribution is -0.117. The average Bonchev–Trinajstić information content (AvgIpc) is 3.43. The number of aliphatic hydroxyl groups is 1. The number of ether oxygens (including phenoxy) is 1. The molecule has 1 aliphatic rings. The highest BCUT2D eigenvalue weighted by Crippen LogP contribution is 2.42. The first kappa shape index (κ1) is 17.6. The van der Waals surface area contributed by atoms with Gasteiger partial charge in [-0.25, -0.2) is 0 Å². The van der Waals surface area contributed by atoms with Crippen molar-refractivity contribution >= 4 is 17.5 Å². The van der Waals surface area contributed by atoms with Crippen LogP contribution in [0.25, 0.3) is 0 Å². The van der Waals surface area contributed by atoms with Crippen LogP contribution in [-0.2, 0) is 4.79 Å². The number of furan rings is 1. The van der Waals surface area contributed by atoms with Crippen LogP contribution in [0, 0.1) is 6.92 Å². The van der Waals surface area contributed by atoms with Gasteiger partial charge in [-0.05, 0) is 36.8 Å². The molecule has 1 unspecified atom stereocenters. The van der Waals surface area contributed by atoms with E-state index in [0.717, 1.165) is 0 Å². The van der Waals surface area contributed by atoms with Crippen LogP contribution in [0.15, 0.2) is 69.0 Å². The normalized spacial score (nSPS) is 16.7. The summed E-state index contributed by atoms with van der Waals surface area (Å²) in [5, 5.41) is 14.4. The topological polar surface area (TPSA) is 106 Å². The second-order valence-electron chi connectivity index (χ2n) is 6.22. The van der Waals surface area contributed by atoms with Crippen LogP contribution in [0.1, 0.15) is 27.9 Å². The molecule has 0 saturated heterocycles. The minimum absolute atomic E-state index is 0.0143. The molecule has 142 valence electrons. The number of benzene rings is 1. The predicted octanol–water partition coefficient (Wildman–Crippen LogP) is 3.37. The minimum Gasteiger partial charge on any atom is -0.503 e. The van der Waals surface area contributed by atoms with Crippen LogP contribution in [-0.4, -0.2) is 29.1 Å². The number of Topliss-reactive ketones (excluding diaryl/α,β-unsaturated/α-hetero) is 1. The summed E-state index contributed by atoms with van der Waals surface area (Å²) in [5.74, 6) is -0.781. The van der Waals surface area contributed by atoms with Crippen LogP contribution in [0.2, 0.25) is 0 Å². The lowest BCUT2D eigenvalue weighted by atomic mass is 9.95. The third-order valence-electron chi connectivity index (χ3n) is 4.47. The van der Waals surface area contributed by atoms with Gasteiger partial charge in [0.05, 0.1) is 25.0 Å². The highest BCUT2D eigenvalue weighted by atomic mass is 16.5. The van der Waals surface area contributed by atoms with Gasteiger partial charge in [-0.2, -0.15) is 0 Å². The maximum atomic E-state index is 13.0. The molecule has 1 N–H and O–H groups in total. The number of amides is 1. The van der Waals surface area contributed by atoms with E-state index in [2.05, 4.69) is 5.16 Å². The minimum atomic E-state index is -0.926. The largest absolute Gasteiger partial charge is 0.503 e. The standard InChI is InChI=1S/C20H16N2O6/c1-11-9-15(21-28-11)22-17(12-5-3-6-13(10-12)26-2)16(19(24)20(22)25)18(23)14-7-4-8-27-14/h3-10,17,24H,1-2H3. The number of carbonyl (C=O) groups excluding carboxylic acids is 2. The van der Waals surface area contributed by atoms with Gasteiger partial charge < -0.3 is 18.8 Å². The first-order chi connectivity index (χ1) is 13.5. The summed E-state index contributed by atoms with van der Waals surface area (Å²) < 4.78 is 15.5. The van der Waals surface area contributed by atoms with Gasteiger partial charge in [0.2, 0.25) is 5.78 Å². The number of rotatable bonds is 5. The van der Waals surface area contributed by atoms with E-state index in [9.17, 15) is 14.7 Å². The summed E-state index contributed by atoms with van der Waals surface area (Å²) in [6.07, 6.45) is 1.35. The third kappa shape index (κ3) is 2.75. The van der Waals surface area contributed by atoms with Gasteiger partial charge in [0.1, 0.15) is 11.5 Å². The Balaban J connectivity index is 1.89. The first-order valence-electron chi connectivity index (χ1n) is 8.43. The molecule has 0 aliphatic carbocycles. The third-order valence-corrected chi connectivity index (χ3v) is 4.47. The van der Waals surface area contributed by atoms with E-state index in [-0.39, 0.29) is 17.2 Å². The van der Waals surface area contributed by atoms with Crippen LogP contribution < -0.4 is 9.64 Å². The fourth-order valence-corrected chi connectivity index (χ4v) is 3.21. The van der Waals surface area contributed by atoms with Crippen molar-refractivity contribution in [1.29, 1.82) is 0 Å². The monoisotopic (exact) mass is 380 g/mol. The maximum Gasteiger partial charge on any atom is 0.295 e. The number of aryl methyl sites for hydroxylation is 1. The molecule has 3 heterocycles. The summed E-state index contributed by atoms with van der Waals surface area (Å²) in [6, 6.07) is 10.5. The number of carbonyl (C=O) groups is 2. The number of nitrogens with zero attached hydrogens (tertiary/aromatic N) is 2. The molecule has 3 aromatic rings. The van der Waals surface area contributed by atoms with E-state index in [1.165, 1.54) is 24.3 Å². The molecule has 4 rings (SSSR count). The van der Waals surface area contributed by atoms with Gasteiger partial charge in [0, 0.05) is 6.07 Å². The molecule has 0 bridgehead atoms. The second-order valence-corrected chi connectivity index (χ2v) is 6.22. The van der Waals surface area contributed by atoms with Crippen molar-refractivity contribution in [2.45, 2.75) is 13.0 Å². The van der Waals surface area contributed by atoms with E-state index in [0.29, 0.717) is 17.1 Å². The molecule has 8 heteroatoms. The Labute approximate surface area is 159 Å². The molecule has 28 heavy (non-hydrogen) atoms. The van der Waals surface area contributed by atoms with Crippen molar-refractivity contribution in [2.24, 2.45) is 0 Å². The fraction of sp³-hybridized carbons (Fsp3) is 0.150. The molecule has 2 aromatic heterocycles. The van der Waals surface area contributed by atoms with Crippen molar-refractivity contribution in [2.75, 3.05) is 12.0 Å². The Morgan fingerprint density at radius 2 is 2.07 bits per heavy atom. The van der Waals surface area contributed by atoms with Gasteiger partial charge in [-0.3, -0.25) is 14.5 Å². The molecular weight excluding hydrogens is 364 g/mol. The molecule has 1 aromatic carbocycles. The first-order valence-corrected chi connectivity index (χ1v) is 8.43. The Morgan fingerprint density at radius 3 is 2.71 bits per heavy atom. The fourth-order valence-electron chi connectivity index (χ4n) is 3.21. The Morgan fingerprint density at radius 1 is 1.25 bits per heavy atom. The SMILES string of the molecule is COc1cccc(C2C(C(=O)c3ccco3)=C(O)C(=O)N2c2cc(C)on2)c1. The predicted molar refractivity (Wildman–Crippen MR) is 97.2 cm³/mol. The van der Waals surface area contributed by atoms with Crippen molar-refractivity contribution < 1.29 is 28.4 Å². The second kappa shape index (κ2) is 6.73. The van der Waals surface area contributed by atoms with Gasteiger partial charge in [0.15, 0.2) is 17.3 Å². The summed E-state index contributed by atoms with van der Waals surface area (Å²) in [7, 11) is 1.51. The molecule has 0 spiro atoms. The maximum absolute atomic E-state index is 13.0. The van der Waals surface area contributed by atoms with E-state index in [1.807, 2.05) is 0 Å². The highest BCUT2D eigenvalue weighted by molar-refractivity contribution is 6.19. The van der Waals surface area contributed by atoms with E-state index in [4.69, 9.17) is 13.7 Å². The van der Waals surface area contributed by atoms with Crippen molar-refractivity contribution in [3.05, 3.63) is 77.1 Å². The van der Waals surface area contributed by atoms with Crippen LogP contribution in [0.5, 0.6) is 5.75 Å². The van der Waals surface area contributed by atoms with Crippen LogP contribution >= 0.6 is 0 Å². The van der Waals surface area contributed by atoms with Crippen molar-refractivity contribution in [3.8, 4) is 5.75 Å². The molecule has 0 fully saturated rings. The number of aliphatic hydroxyl groups excluding tert-OH is 1. The zero-order chi connectivity index (χ0) is 19.8. The number of methoxy groups -OCH3 is 1.